The van der Waals surface area contributed by atoms with E-state index in [1.165, 1.54) is 14.0 Å². The van der Waals surface area contributed by atoms with Crippen LogP contribution in [0.4, 0.5) is 9.59 Å². The second kappa shape index (κ2) is 15.0. The number of amides is 2. The third-order valence-electron chi connectivity index (χ3n) is 4.38. The maximum atomic E-state index is 12.8. The predicted octanol–water partition coefficient (Wildman–Crippen LogP) is 1.76. The molecule has 3 N–H and O–H groups in total. The molecule has 0 aliphatic heterocycles. The number of esters is 1. The Morgan fingerprint density at radius 1 is 1.00 bits per heavy atom. The number of carbonyl (C=O) groups is 3. The van der Waals surface area contributed by atoms with E-state index >= 15 is 0 Å². The van der Waals surface area contributed by atoms with Gasteiger partial charge in [0.2, 0.25) is 0 Å². The molecule has 1 aromatic rings. The molecule has 0 unspecified atom stereocenters. The van der Waals surface area contributed by atoms with Crippen LogP contribution in [0, 0.1) is 0 Å². The second-order valence-electron chi connectivity index (χ2n) is 7.99. The third kappa shape index (κ3) is 10.4. The number of hydrogen-bond acceptors (Lipinski definition) is 10. The lowest BCUT2D eigenvalue weighted by molar-refractivity contribution is -0.164. The van der Waals surface area contributed by atoms with Gasteiger partial charge >= 0.3 is 18.2 Å². The van der Waals surface area contributed by atoms with Crippen molar-refractivity contribution in [2.45, 2.75) is 71.7 Å². The summed E-state index contributed by atoms with van der Waals surface area (Å²) < 4.78 is 25.7. The van der Waals surface area contributed by atoms with Crippen molar-refractivity contribution in [3.8, 4) is 5.75 Å². The molecule has 35 heavy (non-hydrogen) atoms. The highest BCUT2D eigenvalue weighted by atomic mass is 16.6. The van der Waals surface area contributed by atoms with E-state index in [-0.39, 0.29) is 13.2 Å². The van der Waals surface area contributed by atoms with Gasteiger partial charge in [0.1, 0.15) is 17.9 Å². The van der Waals surface area contributed by atoms with Gasteiger partial charge in [-0.2, -0.15) is 0 Å². The van der Waals surface area contributed by atoms with Crippen LogP contribution in [0.2, 0.25) is 0 Å². The van der Waals surface area contributed by atoms with Crippen molar-refractivity contribution in [1.82, 2.24) is 10.4 Å². The predicted molar refractivity (Wildman–Crippen MR) is 123 cm³/mol. The first-order valence-electron chi connectivity index (χ1n) is 11.2. The van der Waals surface area contributed by atoms with Crippen LogP contribution in [-0.2, 0) is 30.3 Å². The number of nitrogens with zero attached hydrogens (tertiary/aromatic N) is 1. The summed E-state index contributed by atoms with van der Waals surface area (Å²) in [5.41, 5.74) is 2.95. The summed E-state index contributed by atoms with van der Waals surface area (Å²) in [6, 6.07) is 5.50. The Morgan fingerprint density at radius 2 is 1.60 bits per heavy atom. The van der Waals surface area contributed by atoms with E-state index in [0.29, 0.717) is 10.8 Å². The molecular formula is C23H36N2O10. The van der Waals surface area contributed by atoms with Crippen molar-refractivity contribution in [3.05, 3.63) is 29.8 Å². The van der Waals surface area contributed by atoms with Gasteiger partial charge in [0.05, 0.1) is 39.1 Å². The quantitative estimate of drug-likeness (QED) is 0.220. The van der Waals surface area contributed by atoms with Crippen LogP contribution in [0.3, 0.4) is 0 Å². The van der Waals surface area contributed by atoms with Gasteiger partial charge in [-0.25, -0.2) is 24.8 Å². The fourth-order valence-corrected chi connectivity index (χ4v) is 2.78. The Labute approximate surface area is 205 Å². The number of rotatable bonds is 12. The minimum atomic E-state index is -2.04. The van der Waals surface area contributed by atoms with Crippen LogP contribution >= 0.6 is 0 Å². The number of hydrazine groups is 1. The topological polar surface area (TPSA) is 153 Å². The zero-order chi connectivity index (χ0) is 26.5. The molecule has 0 radical (unpaired) electrons. The Kier molecular flexibility index (Phi) is 12.8. The fraction of sp³-hybridized carbons (Fsp3) is 0.609. The highest BCUT2D eigenvalue weighted by Gasteiger charge is 2.40. The number of hydrogen-bond donors (Lipinski definition) is 3. The van der Waals surface area contributed by atoms with E-state index in [0.717, 1.165) is 5.56 Å². The smallest absolute Gasteiger partial charge is 0.429 e. The summed E-state index contributed by atoms with van der Waals surface area (Å²) in [5, 5.41) is 21.8. The van der Waals surface area contributed by atoms with Crippen molar-refractivity contribution < 1.29 is 48.3 Å². The lowest BCUT2D eigenvalue weighted by atomic mass is 10.1. The molecule has 0 saturated carbocycles. The summed E-state index contributed by atoms with van der Waals surface area (Å²) in [7, 11) is 1.54. The molecule has 2 amide bonds. The molecule has 0 heterocycles. The first-order valence-corrected chi connectivity index (χ1v) is 11.2. The number of benzene rings is 1. The number of carbonyl (C=O) groups excluding carboxylic acids is 3. The van der Waals surface area contributed by atoms with Gasteiger partial charge in [0.25, 0.3) is 0 Å². The Hall–Kier alpha value is -3.09. The second-order valence-corrected chi connectivity index (χ2v) is 7.99. The van der Waals surface area contributed by atoms with E-state index in [2.05, 4.69) is 5.43 Å². The SMILES string of the molecule is CCOC(=O)[C@@H](O)[C@H](O)[C@@H](COCc1ccc(OC)cc1)N(NC(=O)OC(C)C)C(=O)OC(C)C. The molecule has 1 aromatic carbocycles. The normalized spacial score (nSPS) is 13.5. The van der Waals surface area contributed by atoms with Gasteiger partial charge in [-0.1, -0.05) is 12.1 Å². The fourth-order valence-electron chi connectivity index (χ4n) is 2.78. The first-order chi connectivity index (χ1) is 16.5. The van der Waals surface area contributed by atoms with Gasteiger partial charge in [0.15, 0.2) is 6.10 Å². The Bertz CT molecular complexity index is 800. The minimum Gasteiger partial charge on any atom is -0.497 e. The van der Waals surface area contributed by atoms with Gasteiger partial charge < -0.3 is 33.9 Å². The third-order valence-corrected chi connectivity index (χ3v) is 4.38. The zero-order valence-corrected chi connectivity index (χ0v) is 20.9. The van der Waals surface area contributed by atoms with Crippen molar-refractivity contribution in [1.29, 1.82) is 0 Å². The number of ether oxygens (including phenoxy) is 5. The van der Waals surface area contributed by atoms with Crippen LogP contribution in [0.25, 0.3) is 0 Å². The summed E-state index contributed by atoms with van der Waals surface area (Å²) in [6.45, 7) is 7.51. The van der Waals surface area contributed by atoms with Crippen LogP contribution in [0.5, 0.6) is 5.75 Å². The molecule has 0 aromatic heterocycles. The standard InChI is InChI=1S/C23H36N2O10/c1-7-33-21(28)20(27)19(26)18(13-32-12-16-8-10-17(31-6)11-9-16)25(23(30)35-15(4)5)24-22(29)34-14(2)3/h8-11,14-15,18-20,26-27H,7,12-13H2,1-6H3,(H,24,29)/t18-,19-,20+/m1/s1. The molecule has 0 saturated heterocycles. The summed E-state index contributed by atoms with van der Waals surface area (Å²) in [5.74, 6) is -0.461. The maximum absolute atomic E-state index is 12.8. The van der Waals surface area contributed by atoms with Crippen LogP contribution in [0.15, 0.2) is 24.3 Å². The van der Waals surface area contributed by atoms with E-state index in [9.17, 15) is 24.6 Å². The molecule has 1 rings (SSSR count). The van der Waals surface area contributed by atoms with E-state index in [1.54, 1.807) is 52.0 Å². The summed E-state index contributed by atoms with van der Waals surface area (Å²) in [4.78, 5) is 37.1. The number of aliphatic hydroxyl groups excluding tert-OH is 2. The molecule has 0 aliphatic rings. The van der Waals surface area contributed by atoms with Crippen molar-refractivity contribution in [2.75, 3.05) is 20.3 Å². The summed E-state index contributed by atoms with van der Waals surface area (Å²) in [6.07, 6.45) is -7.13. The molecular weight excluding hydrogens is 464 g/mol. The molecule has 12 nitrogen and oxygen atoms in total. The summed E-state index contributed by atoms with van der Waals surface area (Å²) >= 11 is 0. The highest BCUT2D eigenvalue weighted by molar-refractivity contribution is 5.76. The average molecular weight is 501 g/mol. The maximum Gasteiger partial charge on any atom is 0.429 e. The largest absolute Gasteiger partial charge is 0.497 e. The minimum absolute atomic E-state index is 0.0423. The zero-order valence-electron chi connectivity index (χ0n) is 20.9. The van der Waals surface area contributed by atoms with E-state index < -0.39 is 55.2 Å². The molecule has 0 spiro atoms. The van der Waals surface area contributed by atoms with Gasteiger partial charge in [0, 0.05) is 0 Å². The van der Waals surface area contributed by atoms with Crippen LogP contribution < -0.4 is 10.2 Å². The van der Waals surface area contributed by atoms with E-state index in [4.69, 9.17) is 23.7 Å². The average Bonchev–Trinajstić information content (AvgIpc) is 2.79. The first kappa shape index (κ1) is 29.9. The Balaban J connectivity index is 3.17. The Morgan fingerprint density at radius 3 is 2.11 bits per heavy atom. The number of methoxy groups -OCH3 is 1. The van der Waals surface area contributed by atoms with Crippen LogP contribution in [-0.4, -0.2) is 84.2 Å². The molecule has 0 aliphatic carbocycles. The van der Waals surface area contributed by atoms with Crippen molar-refractivity contribution >= 4 is 18.2 Å². The lowest BCUT2D eigenvalue weighted by Gasteiger charge is -2.35. The van der Waals surface area contributed by atoms with E-state index in [1.807, 2.05) is 0 Å². The van der Waals surface area contributed by atoms with Crippen molar-refractivity contribution in [3.63, 3.8) is 0 Å². The van der Waals surface area contributed by atoms with Gasteiger partial charge in [-0.05, 0) is 52.3 Å². The molecule has 3 atom stereocenters. The molecule has 198 valence electrons. The number of nitrogens with one attached hydrogen (secondary N) is 1. The molecule has 0 fully saturated rings. The van der Waals surface area contributed by atoms with Gasteiger partial charge in [-0.3, -0.25) is 0 Å². The molecule has 12 heteroatoms. The van der Waals surface area contributed by atoms with Crippen LogP contribution in [0.1, 0.15) is 40.2 Å². The van der Waals surface area contributed by atoms with Crippen molar-refractivity contribution in [2.24, 2.45) is 0 Å². The lowest BCUT2D eigenvalue weighted by Crippen LogP contribution is -2.61. The van der Waals surface area contributed by atoms with Gasteiger partial charge in [-0.15, -0.1) is 0 Å². The highest BCUT2D eigenvalue weighted by Crippen LogP contribution is 2.15. The molecule has 0 bridgehead atoms. The number of aliphatic hydroxyl groups is 2. The monoisotopic (exact) mass is 500 g/mol.